The predicted molar refractivity (Wildman–Crippen MR) is 77.6 cm³/mol. The summed E-state index contributed by atoms with van der Waals surface area (Å²) in [4.78, 5) is 45.5. The molecule has 0 bridgehead atoms. The second-order valence-corrected chi connectivity index (χ2v) is 4.51. The second kappa shape index (κ2) is 8.71. The molecule has 1 aromatic rings. The second-order valence-electron chi connectivity index (χ2n) is 4.51. The Hall–Kier alpha value is -2.50. The first-order valence-corrected chi connectivity index (χ1v) is 6.95. The summed E-state index contributed by atoms with van der Waals surface area (Å²) in [7, 11) is 0. The zero-order valence-electron chi connectivity index (χ0n) is 12.6. The van der Waals surface area contributed by atoms with E-state index >= 15 is 0 Å². The fourth-order valence-electron chi connectivity index (χ4n) is 1.41. The van der Waals surface area contributed by atoms with Gasteiger partial charge < -0.3 is 9.47 Å². The van der Waals surface area contributed by atoms with Crippen molar-refractivity contribution in [2.75, 3.05) is 13.2 Å². The molecular weight excluding hydrogens is 288 g/mol. The Labute approximate surface area is 128 Å². The Balaban J connectivity index is 2.58. The maximum absolute atomic E-state index is 11.7. The molecule has 0 atom stereocenters. The molecule has 0 fully saturated rings. The van der Waals surface area contributed by atoms with Gasteiger partial charge in [-0.05, 0) is 24.3 Å². The van der Waals surface area contributed by atoms with Gasteiger partial charge in [-0.2, -0.15) is 0 Å². The molecule has 0 aliphatic carbocycles. The van der Waals surface area contributed by atoms with E-state index in [0.717, 1.165) is 0 Å². The van der Waals surface area contributed by atoms with E-state index in [2.05, 4.69) is 0 Å². The van der Waals surface area contributed by atoms with E-state index in [1.807, 2.05) is 0 Å². The van der Waals surface area contributed by atoms with E-state index in [0.29, 0.717) is 12.8 Å². The summed E-state index contributed by atoms with van der Waals surface area (Å²) < 4.78 is 9.65. The number of carbonyl (C=O) groups excluding carboxylic acids is 4. The van der Waals surface area contributed by atoms with Crippen molar-refractivity contribution in [2.45, 2.75) is 26.7 Å². The number of ether oxygens (including phenoxy) is 2. The van der Waals surface area contributed by atoms with Gasteiger partial charge in [-0.25, -0.2) is 9.59 Å². The maximum atomic E-state index is 11.7. The molecule has 6 nitrogen and oxygen atoms in total. The largest absolute Gasteiger partial charge is 0.454 e. The molecule has 0 saturated heterocycles. The molecule has 0 N–H and O–H groups in total. The molecule has 1 aromatic carbocycles. The maximum Gasteiger partial charge on any atom is 0.338 e. The SMILES string of the molecule is CCC(=O)COC(=O)c1ccc(C(=O)OCC(=O)CC)cc1. The van der Waals surface area contributed by atoms with Crippen LogP contribution in [0.1, 0.15) is 47.4 Å². The van der Waals surface area contributed by atoms with Crippen LogP contribution in [0, 0.1) is 0 Å². The molecule has 0 aliphatic heterocycles. The van der Waals surface area contributed by atoms with E-state index in [4.69, 9.17) is 9.47 Å². The molecule has 118 valence electrons. The number of hydrogen-bond acceptors (Lipinski definition) is 6. The van der Waals surface area contributed by atoms with Gasteiger partial charge in [0.25, 0.3) is 0 Å². The minimum absolute atomic E-state index is 0.172. The monoisotopic (exact) mass is 306 g/mol. The third-order valence-corrected chi connectivity index (χ3v) is 2.87. The fraction of sp³-hybridized carbons (Fsp3) is 0.375. The van der Waals surface area contributed by atoms with Gasteiger partial charge in [0.2, 0.25) is 0 Å². The van der Waals surface area contributed by atoms with Gasteiger partial charge in [-0.3, -0.25) is 9.59 Å². The van der Waals surface area contributed by atoms with Crippen LogP contribution < -0.4 is 0 Å². The number of ketones is 2. The van der Waals surface area contributed by atoms with Crippen LogP contribution in [0.4, 0.5) is 0 Å². The first-order chi connectivity index (χ1) is 10.5. The average Bonchev–Trinajstić information content (AvgIpc) is 2.56. The van der Waals surface area contributed by atoms with Gasteiger partial charge in [0.15, 0.2) is 11.6 Å². The van der Waals surface area contributed by atoms with E-state index in [9.17, 15) is 19.2 Å². The van der Waals surface area contributed by atoms with Gasteiger partial charge in [-0.15, -0.1) is 0 Å². The molecule has 0 aromatic heterocycles. The summed E-state index contributed by atoms with van der Waals surface area (Å²) in [5.41, 5.74) is 0.454. The normalized spacial score (nSPS) is 9.91. The number of esters is 2. The standard InChI is InChI=1S/C16H18O6/c1-3-13(17)9-21-15(19)11-5-7-12(8-6-11)16(20)22-10-14(18)4-2/h5-8H,3-4,9-10H2,1-2H3. The predicted octanol–water partition coefficient (Wildman–Crippen LogP) is 1.96. The summed E-state index contributed by atoms with van der Waals surface area (Å²) in [5, 5.41) is 0. The zero-order valence-corrected chi connectivity index (χ0v) is 12.6. The van der Waals surface area contributed by atoms with Crippen molar-refractivity contribution in [3.05, 3.63) is 35.4 Å². The van der Waals surface area contributed by atoms with E-state index in [-0.39, 0.29) is 35.9 Å². The van der Waals surface area contributed by atoms with Gasteiger partial charge in [0.1, 0.15) is 13.2 Å². The van der Waals surface area contributed by atoms with Crippen LogP contribution in [0.3, 0.4) is 0 Å². The van der Waals surface area contributed by atoms with E-state index in [1.54, 1.807) is 13.8 Å². The van der Waals surface area contributed by atoms with Crippen LogP contribution in [0.2, 0.25) is 0 Å². The summed E-state index contributed by atoms with van der Waals surface area (Å²) >= 11 is 0. The van der Waals surface area contributed by atoms with Crippen LogP contribution in [-0.4, -0.2) is 36.7 Å². The number of hydrogen-bond donors (Lipinski definition) is 0. The molecule has 0 spiro atoms. The van der Waals surface area contributed by atoms with Crippen molar-refractivity contribution in [3.63, 3.8) is 0 Å². The summed E-state index contributed by atoms with van der Waals surface area (Å²) in [6.07, 6.45) is 0.600. The van der Waals surface area contributed by atoms with Crippen molar-refractivity contribution in [1.29, 1.82) is 0 Å². The lowest BCUT2D eigenvalue weighted by molar-refractivity contribution is -0.122. The lowest BCUT2D eigenvalue weighted by Crippen LogP contribution is -2.14. The number of Topliss-reactive ketones (excluding diaryl/α,β-unsaturated/α-hetero) is 2. The highest BCUT2D eigenvalue weighted by molar-refractivity contribution is 5.95. The molecule has 0 saturated carbocycles. The molecule has 22 heavy (non-hydrogen) atoms. The number of carbonyl (C=O) groups is 4. The van der Waals surface area contributed by atoms with Crippen molar-refractivity contribution in [1.82, 2.24) is 0 Å². The number of rotatable bonds is 8. The topological polar surface area (TPSA) is 86.7 Å². The zero-order chi connectivity index (χ0) is 16.5. The van der Waals surface area contributed by atoms with Crippen molar-refractivity contribution in [3.8, 4) is 0 Å². The molecular formula is C16H18O6. The minimum Gasteiger partial charge on any atom is -0.454 e. The Morgan fingerprint density at radius 2 is 1.05 bits per heavy atom. The molecule has 0 heterocycles. The third kappa shape index (κ3) is 5.47. The van der Waals surface area contributed by atoms with Gasteiger partial charge in [0, 0.05) is 12.8 Å². The molecule has 0 aliphatic rings. The van der Waals surface area contributed by atoms with E-state index in [1.165, 1.54) is 24.3 Å². The van der Waals surface area contributed by atoms with Crippen molar-refractivity contribution >= 4 is 23.5 Å². The highest BCUT2D eigenvalue weighted by Gasteiger charge is 2.12. The first-order valence-electron chi connectivity index (χ1n) is 6.95. The van der Waals surface area contributed by atoms with Crippen LogP contribution >= 0.6 is 0 Å². The Morgan fingerprint density at radius 1 is 0.727 bits per heavy atom. The highest BCUT2D eigenvalue weighted by Crippen LogP contribution is 2.08. The average molecular weight is 306 g/mol. The Morgan fingerprint density at radius 3 is 1.32 bits per heavy atom. The van der Waals surface area contributed by atoms with Crippen molar-refractivity contribution in [2.24, 2.45) is 0 Å². The van der Waals surface area contributed by atoms with Crippen molar-refractivity contribution < 1.29 is 28.7 Å². The Bertz CT molecular complexity index is 508. The molecule has 0 amide bonds. The third-order valence-electron chi connectivity index (χ3n) is 2.87. The summed E-state index contributed by atoms with van der Waals surface area (Å²) in [6.45, 7) is 2.83. The fourth-order valence-corrected chi connectivity index (χ4v) is 1.41. The molecule has 0 unspecified atom stereocenters. The molecule has 1 rings (SSSR count). The van der Waals surface area contributed by atoms with Crippen LogP contribution in [0.15, 0.2) is 24.3 Å². The Kier molecular flexibility index (Phi) is 6.95. The van der Waals surface area contributed by atoms with E-state index < -0.39 is 11.9 Å². The van der Waals surface area contributed by atoms with Gasteiger partial charge in [0.05, 0.1) is 11.1 Å². The smallest absolute Gasteiger partial charge is 0.338 e. The van der Waals surface area contributed by atoms with Crippen LogP contribution in [-0.2, 0) is 19.1 Å². The summed E-state index contributed by atoms with van der Waals surface area (Å²) in [6, 6.07) is 5.60. The summed E-state index contributed by atoms with van der Waals surface area (Å²) in [5.74, 6) is -1.62. The van der Waals surface area contributed by atoms with Gasteiger partial charge >= 0.3 is 11.9 Å². The highest BCUT2D eigenvalue weighted by atomic mass is 16.5. The van der Waals surface area contributed by atoms with Crippen LogP contribution in [0.25, 0.3) is 0 Å². The lowest BCUT2D eigenvalue weighted by Gasteiger charge is -2.05. The lowest BCUT2D eigenvalue weighted by atomic mass is 10.1. The molecule has 0 radical (unpaired) electrons. The molecule has 6 heteroatoms. The quantitative estimate of drug-likeness (QED) is 0.682. The van der Waals surface area contributed by atoms with Gasteiger partial charge in [-0.1, -0.05) is 13.8 Å². The number of benzene rings is 1. The van der Waals surface area contributed by atoms with Crippen LogP contribution in [0.5, 0.6) is 0 Å². The minimum atomic E-state index is -0.636. The first kappa shape index (κ1) is 17.6.